The van der Waals surface area contributed by atoms with E-state index in [2.05, 4.69) is 21.3 Å². The van der Waals surface area contributed by atoms with Gasteiger partial charge in [-0.1, -0.05) is 30.3 Å². The molecule has 1 saturated heterocycles. The summed E-state index contributed by atoms with van der Waals surface area (Å²) in [4.78, 5) is 76.1. The van der Waals surface area contributed by atoms with E-state index in [4.69, 9.17) is 20.3 Å². The first kappa shape index (κ1) is 36.9. The van der Waals surface area contributed by atoms with Crippen molar-refractivity contribution in [2.24, 2.45) is 5.73 Å². The number of rotatable bonds is 16. The van der Waals surface area contributed by atoms with Crippen molar-refractivity contribution >= 4 is 35.7 Å². The fraction of sp³-hybridized carbons (Fsp3) is 0.600. The summed E-state index contributed by atoms with van der Waals surface area (Å²) >= 11 is 0. The highest BCUT2D eigenvalue weighted by Crippen LogP contribution is 2.19. The highest BCUT2D eigenvalue weighted by Gasteiger charge is 2.32. The maximum absolute atomic E-state index is 13.0. The first-order chi connectivity index (χ1) is 21.3. The molecule has 45 heavy (non-hydrogen) atoms. The van der Waals surface area contributed by atoms with Crippen LogP contribution in [0, 0.1) is 0 Å². The van der Waals surface area contributed by atoms with Gasteiger partial charge in [0.25, 0.3) is 0 Å². The number of amides is 5. The van der Waals surface area contributed by atoms with Gasteiger partial charge >= 0.3 is 12.1 Å². The van der Waals surface area contributed by atoms with Crippen LogP contribution in [0.3, 0.4) is 0 Å². The minimum Gasteiger partial charge on any atom is -0.480 e. The van der Waals surface area contributed by atoms with Gasteiger partial charge in [-0.25, -0.2) is 4.79 Å². The molecule has 1 aliphatic rings. The third-order valence-corrected chi connectivity index (χ3v) is 6.57. The van der Waals surface area contributed by atoms with Gasteiger partial charge in [-0.3, -0.25) is 28.9 Å². The molecule has 2 rings (SSSR count). The predicted octanol–water partition coefficient (Wildman–Crippen LogP) is 0.0183. The Morgan fingerprint density at radius 3 is 2.29 bits per heavy atom. The van der Waals surface area contributed by atoms with Crippen LogP contribution in [0.25, 0.3) is 0 Å². The summed E-state index contributed by atoms with van der Waals surface area (Å²) in [5.74, 6) is -3.69. The Morgan fingerprint density at radius 1 is 1.00 bits per heavy atom. The van der Waals surface area contributed by atoms with Gasteiger partial charge in [0.15, 0.2) is 0 Å². The molecular weight excluding hydrogens is 588 g/mol. The third-order valence-electron chi connectivity index (χ3n) is 6.57. The Kier molecular flexibility index (Phi) is 15.2. The van der Waals surface area contributed by atoms with Gasteiger partial charge in [-0.15, -0.1) is 0 Å². The normalized spacial score (nSPS) is 16.1. The summed E-state index contributed by atoms with van der Waals surface area (Å²) in [6, 6.07) is 6.75. The molecule has 5 amide bonds. The summed E-state index contributed by atoms with van der Waals surface area (Å²) in [7, 11) is 0. The molecule has 1 aliphatic heterocycles. The number of carboxylic acids is 1. The van der Waals surface area contributed by atoms with E-state index in [1.165, 1.54) is 4.90 Å². The van der Waals surface area contributed by atoms with E-state index in [-0.39, 0.29) is 32.2 Å². The number of carbonyl (C=O) groups excluding carboxylic acids is 5. The number of hydrogen-bond acceptors (Lipinski definition) is 9. The molecule has 0 bridgehead atoms. The Balaban J connectivity index is 1.94. The minimum atomic E-state index is -1.24. The Bertz CT molecular complexity index is 1160. The molecule has 1 aromatic rings. The largest absolute Gasteiger partial charge is 0.480 e. The lowest BCUT2D eigenvalue weighted by Gasteiger charge is -2.36. The van der Waals surface area contributed by atoms with Crippen LogP contribution in [-0.4, -0.2) is 102 Å². The highest BCUT2D eigenvalue weighted by molar-refractivity contribution is 5.93. The standard InChI is InChI=1S/C30H46N6O9/c1-30(2,3)45-29(43)36-15-8-16-44-25(36)13-12-23(37)34-21(11-7-14-31)27(41)32-18-24(38)35-22(28(42)33-19-26(39)40)17-20-9-5-4-6-10-20/h4-6,9-10,21-22,25H,7-8,11-19,31H2,1-3H3,(H,32,41)(H,33,42)(H,34,37)(H,35,38)(H,39,40)/t21-,22-,25?/m0/s1. The molecule has 3 atom stereocenters. The molecule has 1 heterocycles. The zero-order valence-electron chi connectivity index (χ0n) is 26.1. The van der Waals surface area contributed by atoms with Crippen molar-refractivity contribution in [3.8, 4) is 0 Å². The summed E-state index contributed by atoms with van der Waals surface area (Å²) in [6.07, 6.45) is 0.329. The number of carboxylic acid groups (broad SMARTS) is 1. The first-order valence-corrected chi connectivity index (χ1v) is 15.0. The first-order valence-electron chi connectivity index (χ1n) is 15.0. The summed E-state index contributed by atoms with van der Waals surface area (Å²) < 4.78 is 11.2. The Morgan fingerprint density at radius 2 is 1.64 bits per heavy atom. The van der Waals surface area contributed by atoms with Crippen molar-refractivity contribution in [2.75, 3.05) is 32.8 Å². The highest BCUT2D eigenvalue weighted by atomic mass is 16.6. The maximum atomic E-state index is 13.0. The molecule has 0 spiro atoms. The second-order valence-corrected chi connectivity index (χ2v) is 11.6. The SMILES string of the molecule is CC(C)(C)OC(=O)N1CCCOC1CCC(=O)N[C@@H](CCCN)C(=O)NCC(=O)N[C@@H](Cc1ccccc1)C(=O)NCC(=O)O. The number of aliphatic carboxylic acids is 1. The van der Waals surface area contributed by atoms with Gasteiger partial charge in [0.2, 0.25) is 23.6 Å². The van der Waals surface area contributed by atoms with Crippen molar-refractivity contribution < 1.29 is 43.3 Å². The average Bonchev–Trinajstić information content (AvgIpc) is 2.99. The molecule has 0 radical (unpaired) electrons. The second kappa shape index (κ2) is 18.5. The van der Waals surface area contributed by atoms with Crippen LogP contribution in [0.4, 0.5) is 4.79 Å². The molecule has 1 aromatic carbocycles. The topological polar surface area (TPSA) is 218 Å². The molecule has 15 nitrogen and oxygen atoms in total. The maximum Gasteiger partial charge on any atom is 0.412 e. The fourth-order valence-electron chi connectivity index (χ4n) is 4.45. The molecule has 15 heteroatoms. The molecule has 250 valence electrons. The van der Waals surface area contributed by atoms with Crippen molar-refractivity contribution in [1.29, 1.82) is 0 Å². The molecule has 7 N–H and O–H groups in total. The van der Waals surface area contributed by atoms with Gasteiger partial charge in [0.05, 0.1) is 13.2 Å². The number of ether oxygens (including phenoxy) is 2. The van der Waals surface area contributed by atoms with Crippen molar-refractivity contribution in [3.63, 3.8) is 0 Å². The van der Waals surface area contributed by atoms with Gasteiger partial charge in [-0.2, -0.15) is 0 Å². The number of carbonyl (C=O) groups is 6. The van der Waals surface area contributed by atoms with Crippen molar-refractivity contribution in [1.82, 2.24) is 26.2 Å². The molecule has 0 aliphatic carbocycles. The van der Waals surface area contributed by atoms with E-state index in [0.717, 1.165) is 5.56 Å². The number of nitrogens with zero attached hydrogens (tertiary/aromatic N) is 1. The Labute approximate surface area is 262 Å². The second-order valence-electron chi connectivity index (χ2n) is 11.6. The van der Waals surface area contributed by atoms with E-state index in [1.807, 2.05) is 0 Å². The summed E-state index contributed by atoms with van der Waals surface area (Å²) in [5.41, 5.74) is 5.66. The smallest absolute Gasteiger partial charge is 0.412 e. The molecule has 1 fully saturated rings. The fourth-order valence-corrected chi connectivity index (χ4v) is 4.45. The molecular formula is C30H46N6O9. The summed E-state index contributed by atoms with van der Waals surface area (Å²) in [5, 5.41) is 18.8. The van der Waals surface area contributed by atoms with Crippen LogP contribution in [-0.2, 0) is 39.9 Å². The zero-order valence-corrected chi connectivity index (χ0v) is 26.1. The number of nitrogens with two attached hydrogens (primary N) is 1. The molecule has 1 unspecified atom stereocenters. The van der Waals surface area contributed by atoms with Crippen LogP contribution < -0.4 is 27.0 Å². The lowest BCUT2D eigenvalue weighted by molar-refractivity contribution is -0.138. The third kappa shape index (κ3) is 14.4. The van der Waals surface area contributed by atoms with Crippen LogP contribution >= 0.6 is 0 Å². The monoisotopic (exact) mass is 634 g/mol. The van der Waals surface area contributed by atoms with E-state index in [1.54, 1.807) is 51.1 Å². The molecule has 0 aromatic heterocycles. The van der Waals surface area contributed by atoms with E-state index in [0.29, 0.717) is 26.0 Å². The number of benzene rings is 1. The van der Waals surface area contributed by atoms with Gasteiger partial charge in [0, 0.05) is 25.8 Å². The number of hydrogen-bond donors (Lipinski definition) is 6. The lowest BCUT2D eigenvalue weighted by atomic mass is 10.1. The van der Waals surface area contributed by atoms with Crippen LogP contribution in [0.5, 0.6) is 0 Å². The predicted molar refractivity (Wildman–Crippen MR) is 162 cm³/mol. The van der Waals surface area contributed by atoms with Crippen LogP contribution in [0.1, 0.15) is 58.4 Å². The number of nitrogens with one attached hydrogen (secondary N) is 4. The van der Waals surface area contributed by atoms with Crippen molar-refractivity contribution in [3.05, 3.63) is 35.9 Å². The quantitative estimate of drug-likeness (QED) is 0.143. The zero-order chi connectivity index (χ0) is 33.4. The van der Waals surface area contributed by atoms with E-state index in [9.17, 15) is 28.8 Å². The van der Waals surface area contributed by atoms with Gasteiger partial charge in [-0.05, 0) is 52.1 Å². The van der Waals surface area contributed by atoms with Crippen molar-refractivity contribution in [2.45, 2.75) is 83.2 Å². The van der Waals surface area contributed by atoms with Crippen LogP contribution in [0.15, 0.2) is 30.3 Å². The molecule has 0 saturated carbocycles. The van der Waals surface area contributed by atoms with Gasteiger partial charge < -0.3 is 41.6 Å². The van der Waals surface area contributed by atoms with E-state index >= 15 is 0 Å². The minimum absolute atomic E-state index is 0.0382. The average molecular weight is 635 g/mol. The lowest BCUT2D eigenvalue weighted by Crippen LogP contribution is -2.53. The Hall–Kier alpha value is -4.24. The summed E-state index contributed by atoms with van der Waals surface area (Å²) in [6.45, 7) is 5.30. The van der Waals surface area contributed by atoms with E-state index < -0.39 is 72.7 Å². The van der Waals surface area contributed by atoms with Gasteiger partial charge in [0.1, 0.15) is 30.5 Å². The van der Waals surface area contributed by atoms with Crippen LogP contribution in [0.2, 0.25) is 0 Å².